The van der Waals surface area contributed by atoms with Crippen molar-refractivity contribution in [2.24, 2.45) is 5.73 Å². The van der Waals surface area contributed by atoms with Crippen LogP contribution < -0.4 is 5.73 Å². The van der Waals surface area contributed by atoms with E-state index in [2.05, 4.69) is 0 Å². The van der Waals surface area contributed by atoms with E-state index in [1.165, 1.54) is 0 Å². The first-order chi connectivity index (χ1) is 7.57. The molecule has 0 aromatic carbocycles. The summed E-state index contributed by atoms with van der Waals surface area (Å²) in [4.78, 5) is 0. The molecule has 1 saturated heterocycles. The molecule has 0 radical (unpaired) electrons. The number of aliphatic hydroxyl groups is 4. The molecule has 1 aliphatic heterocycles. The molecule has 0 aromatic heterocycles. The lowest BCUT2D eigenvalue weighted by molar-refractivity contribution is -0.248. The zero-order chi connectivity index (χ0) is 13.8. The maximum Gasteiger partial charge on any atom is 0.173 e. The SMILES string of the molecule is CS(C)(=O)=O.N[C@@H]1[C@@H](O)[C@H](O)[C@@H](CO)O[C@H]1O. The summed E-state index contributed by atoms with van der Waals surface area (Å²) < 4.78 is 24.0. The minimum Gasteiger partial charge on any atom is -0.394 e. The van der Waals surface area contributed by atoms with Crippen molar-refractivity contribution in [1.29, 1.82) is 0 Å². The molecule has 0 amide bonds. The number of aliphatic hydroxyl groups excluding tert-OH is 4. The van der Waals surface area contributed by atoms with Crippen LogP contribution >= 0.6 is 0 Å². The summed E-state index contributed by atoms with van der Waals surface area (Å²) in [6.07, 6.45) is -2.53. The van der Waals surface area contributed by atoms with E-state index in [0.717, 1.165) is 12.5 Å². The summed E-state index contributed by atoms with van der Waals surface area (Å²) in [7, 11) is -2.67. The molecule has 0 bridgehead atoms. The summed E-state index contributed by atoms with van der Waals surface area (Å²) in [5.74, 6) is 0. The number of rotatable bonds is 1. The molecule has 1 aliphatic rings. The van der Waals surface area contributed by atoms with E-state index in [1.807, 2.05) is 0 Å². The van der Waals surface area contributed by atoms with Crippen molar-refractivity contribution in [2.75, 3.05) is 19.1 Å². The normalized spacial score (nSPS) is 38.2. The number of ether oxygens (including phenoxy) is 1. The second kappa shape index (κ2) is 6.59. The first kappa shape index (κ1) is 16.7. The van der Waals surface area contributed by atoms with Crippen molar-refractivity contribution in [1.82, 2.24) is 0 Å². The van der Waals surface area contributed by atoms with Crippen LogP contribution in [0.15, 0.2) is 0 Å². The second-order valence-corrected chi connectivity index (χ2v) is 6.24. The predicted octanol–water partition coefficient (Wildman–Crippen LogP) is -3.59. The van der Waals surface area contributed by atoms with Gasteiger partial charge in [-0.25, -0.2) is 8.42 Å². The molecule has 0 spiro atoms. The van der Waals surface area contributed by atoms with Crippen molar-refractivity contribution >= 4 is 9.84 Å². The van der Waals surface area contributed by atoms with E-state index in [4.69, 9.17) is 20.7 Å². The Hall–Kier alpha value is -0.290. The monoisotopic (exact) mass is 273 g/mol. The largest absolute Gasteiger partial charge is 0.394 e. The fourth-order valence-electron chi connectivity index (χ4n) is 1.12. The van der Waals surface area contributed by atoms with Gasteiger partial charge >= 0.3 is 0 Å². The molecule has 8 nitrogen and oxygen atoms in total. The van der Waals surface area contributed by atoms with Crippen LogP contribution in [0.4, 0.5) is 0 Å². The van der Waals surface area contributed by atoms with Crippen molar-refractivity contribution in [2.45, 2.75) is 30.6 Å². The van der Waals surface area contributed by atoms with Crippen molar-refractivity contribution in [3.05, 3.63) is 0 Å². The molecule has 17 heavy (non-hydrogen) atoms. The molecule has 104 valence electrons. The average molecular weight is 273 g/mol. The van der Waals surface area contributed by atoms with E-state index < -0.39 is 47.1 Å². The first-order valence-corrected chi connectivity index (χ1v) is 7.09. The van der Waals surface area contributed by atoms with Gasteiger partial charge in [-0.2, -0.15) is 0 Å². The molecule has 9 heteroatoms. The van der Waals surface area contributed by atoms with Crippen LogP contribution in [-0.2, 0) is 14.6 Å². The maximum atomic E-state index is 9.63. The van der Waals surface area contributed by atoms with Gasteiger partial charge in [-0.05, 0) is 0 Å². The van der Waals surface area contributed by atoms with Crippen LogP contribution in [-0.4, -0.2) is 78.6 Å². The Morgan fingerprint density at radius 1 is 1.18 bits per heavy atom. The van der Waals surface area contributed by atoms with Crippen LogP contribution in [0.2, 0.25) is 0 Å². The first-order valence-electron chi connectivity index (χ1n) is 4.79. The highest BCUT2D eigenvalue weighted by atomic mass is 32.2. The molecule has 0 unspecified atom stereocenters. The highest BCUT2D eigenvalue weighted by Gasteiger charge is 2.41. The fraction of sp³-hybridized carbons (Fsp3) is 1.00. The molecular weight excluding hydrogens is 254 g/mol. The second-order valence-electron chi connectivity index (χ2n) is 3.95. The summed E-state index contributed by atoms with van der Waals surface area (Å²) >= 11 is 0. The molecule has 0 aromatic rings. The van der Waals surface area contributed by atoms with Crippen molar-refractivity contribution in [3.8, 4) is 0 Å². The standard InChI is InChI=1S/C6H13NO5.C2H6O2S/c7-3-5(10)4(9)2(1-8)12-6(3)11;1-5(2,3)4/h2-6,8-11H,1,7H2;1-2H3/t2-,3-,4-,5-,6-;/m1./s1. The fourth-order valence-corrected chi connectivity index (χ4v) is 1.12. The lowest BCUT2D eigenvalue weighted by atomic mass is 9.98. The quantitative estimate of drug-likeness (QED) is 0.329. The Balaban J connectivity index is 0.000000437. The van der Waals surface area contributed by atoms with E-state index >= 15 is 0 Å². The van der Waals surface area contributed by atoms with Gasteiger partial charge < -0.3 is 30.9 Å². The minimum atomic E-state index is -2.67. The van der Waals surface area contributed by atoms with Gasteiger partial charge in [-0.3, -0.25) is 0 Å². The van der Waals surface area contributed by atoms with Crippen LogP contribution in [0.3, 0.4) is 0 Å². The zero-order valence-corrected chi connectivity index (χ0v) is 10.4. The van der Waals surface area contributed by atoms with Gasteiger partial charge in [0.2, 0.25) is 0 Å². The van der Waals surface area contributed by atoms with Gasteiger partial charge in [-0.15, -0.1) is 0 Å². The highest BCUT2D eigenvalue weighted by molar-refractivity contribution is 7.89. The van der Waals surface area contributed by atoms with Crippen LogP contribution in [0, 0.1) is 0 Å². The van der Waals surface area contributed by atoms with Gasteiger partial charge in [0.1, 0.15) is 28.1 Å². The Bertz CT molecular complexity index is 307. The van der Waals surface area contributed by atoms with Crippen LogP contribution in [0.1, 0.15) is 0 Å². The third-order valence-electron chi connectivity index (χ3n) is 1.95. The zero-order valence-electron chi connectivity index (χ0n) is 9.59. The molecular formula is C8H19NO7S. The lowest BCUT2D eigenvalue weighted by Gasteiger charge is -2.38. The Morgan fingerprint density at radius 2 is 1.59 bits per heavy atom. The van der Waals surface area contributed by atoms with Crippen LogP contribution in [0.25, 0.3) is 0 Å². The molecule has 0 aliphatic carbocycles. The van der Waals surface area contributed by atoms with Gasteiger partial charge in [0.05, 0.1) is 12.6 Å². The smallest absolute Gasteiger partial charge is 0.173 e. The minimum absolute atomic E-state index is 0.470. The topological polar surface area (TPSA) is 150 Å². The maximum absolute atomic E-state index is 9.63. The molecule has 0 saturated carbocycles. The number of hydrogen-bond acceptors (Lipinski definition) is 8. The Labute approximate surface area is 99.5 Å². The Kier molecular flexibility index (Phi) is 6.48. The summed E-state index contributed by atoms with van der Waals surface area (Å²) in [5.41, 5.74) is 5.26. The Morgan fingerprint density at radius 3 is 1.94 bits per heavy atom. The van der Waals surface area contributed by atoms with Gasteiger partial charge in [0, 0.05) is 12.5 Å². The summed E-state index contributed by atoms with van der Waals surface area (Å²) in [6, 6.07) is -1.04. The highest BCUT2D eigenvalue weighted by Crippen LogP contribution is 2.17. The molecule has 1 rings (SSSR count). The van der Waals surface area contributed by atoms with Gasteiger partial charge in [0.15, 0.2) is 6.29 Å². The van der Waals surface area contributed by atoms with E-state index in [1.54, 1.807) is 0 Å². The van der Waals surface area contributed by atoms with Gasteiger partial charge in [-0.1, -0.05) is 0 Å². The number of nitrogens with two attached hydrogens (primary N) is 1. The lowest BCUT2D eigenvalue weighted by Crippen LogP contribution is -2.61. The molecule has 6 N–H and O–H groups in total. The third-order valence-corrected chi connectivity index (χ3v) is 1.95. The predicted molar refractivity (Wildman–Crippen MR) is 58.7 cm³/mol. The number of sulfone groups is 1. The van der Waals surface area contributed by atoms with Crippen molar-refractivity contribution in [3.63, 3.8) is 0 Å². The number of hydrogen-bond donors (Lipinski definition) is 5. The van der Waals surface area contributed by atoms with Crippen LogP contribution in [0.5, 0.6) is 0 Å². The molecule has 1 heterocycles. The van der Waals surface area contributed by atoms with E-state index in [0.29, 0.717) is 0 Å². The molecule has 1 fully saturated rings. The van der Waals surface area contributed by atoms with E-state index in [-0.39, 0.29) is 0 Å². The average Bonchev–Trinajstić information content (AvgIpc) is 2.18. The van der Waals surface area contributed by atoms with E-state index in [9.17, 15) is 18.6 Å². The van der Waals surface area contributed by atoms with Crippen molar-refractivity contribution < 1.29 is 33.6 Å². The summed E-state index contributed by atoms with van der Waals surface area (Å²) in [5, 5.41) is 36.1. The van der Waals surface area contributed by atoms with Gasteiger partial charge in [0.25, 0.3) is 0 Å². The molecule has 5 atom stereocenters. The summed E-state index contributed by atoms with van der Waals surface area (Å²) in [6.45, 7) is -0.470. The third kappa shape index (κ3) is 6.27.